The molecule has 0 amide bonds. The van der Waals surface area contributed by atoms with E-state index in [-0.39, 0.29) is 17.9 Å². The van der Waals surface area contributed by atoms with Gasteiger partial charge in [0.25, 0.3) is 0 Å². The van der Waals surface area contributed by atoms with Crippen molar-refractivity contribution < 1.29 is 15.1 Å². The summed E-state index contributed by atoms with van der Waals surface area (Å²) in [5.41, 5.74) is 4.69. The molecule has 0 unspecified atom stereocenters. The van der Waals surface area contributed by atoms with Gasteiger partial charge in [-0.25, -0.2) is 0 Å². The zero-order valence-corrected chi connectivity index (χ0v) is 13.1. The fourth-order valence-corrected chi connectivity index (χ4v) is 4.27. The minimum absolute atomic E-state index is 0.0989. The van der Waals surface area contributed by atoms with Crippen molar-refractivity contribution in [2.45, 2.75) is 57.5 Å². The number of oxime groups is 1. The predicted octanol–water partition coefficient (Wildman–Crippen LogP) is 1.67. The second-order valence-electron chi connectivity index (χ2n) is 6.95. The lowest BCUT2D eigenvalue weighted by atomic mass is 9.60. The van der Waals surface area contributed by atoms with E-state index in [0.717, 1.165) is 44.9 Å². The Hall–Kier alpha value is -0.650. The summed E-state index contributed by atoms with van der Waals surface area (Å²) in [6.07, 6.45) is 8.56. The molecule has 0 aliphatic heterocycles. The van der Waals surface area contributed by atoms with Gasteiger partial charge >= 0.3 is 0 Å². The number of aliphatic hydroxyl groups excluding tert-OH is 1. The summed E-state index contributed by atoms with van der Waals surface area (Å²) >= 11 is 0. The van der Waals surface area contributed by atoms with E-state index >= 15 is 0 Å². The van der Waals surface area contributed by atoms with Crippen molar-refractivity contribution >= 4 is 6.21 Å². The molecule has 21 heavy (non-hydrogen) atoms. The smallest absolute Gasteiger partial charge is 0.129 e. The molecule has 0 aromatic carbocycles. The fraction of sp³-hybridized carbons (Fsp3) is 0.938. The van der Waals surface area contributed by atoms with Crippen molar-refractivity contribution in [1.82, 2.24) is 0 Å². The molecule has 0 aromatic heterocycles. The van der Waals surface area contributed by atoms with E-state index in [4.69, 9.17) is 15.7 Å². The van der Waals surface area contributed by atoms with E-state index in [1.807, 2.05) is 6.21 Å². The summed E-state index contributed by atoms with van der Waals surface area (Å²) in [6.45, 7) is 3.35. The summed E-state index contributed by atoms with van der Waals surface area (Å²) in [5.74, 6) is 0.818. The molecule has 2 fully saturated rings. The minimum Gasteiger partial charge on any atom is -0.396 e. The molecule has 122 valence electrons. The topological polar surface area (TPSA) is 88.1 Å². The van der Waals surface area contributed by atoms with Gasteiger partial charge in [-0.15, -0.1) is 0 Å². The number of aliphatic hydroxyl groups is 2. The van der Waals surface area contributed by atoms with Crippen LogP contribution in [-0.2, 0) is 4.84 Å². The number of hydrogen-bond donors (Lipinski definition) is 3. The summed E-state index contributed by atoms with van der Waals surface area (Å²) in [7, 11) is 0. The maximum Gasteiger partial charge on any atom is 0.129 e. The largest absolute Gasteiger partial charge is 0.396 e. The van der Waals surface area contributed by atoms with Gasteiger partial charge < -0.3 is 20.8 Å². The number of nitrogens with two attached hydrogens (primary N) is 1. The van der Waals surface area contributed by atoms with Crippen LogP contribution in [0.25, 0.3) is 0 Å². The Bertz CT molecular complexity index is 363. The third kappa shape index (κ3) is 3.41. The lowest BCUT2D eigenvalue weighted by molar-refractivity contribution is -0.107. The van der Waals surface area contributed by atoms with E-state index in [1.54, 1.807) is 0 Å². The van der Waals surface area contributed by atoms with Gasteiger partial charge in [0.05, 0.1) is 5.60 Å². The second kappa shape index (κ2) is 7.07. The standard InChI is InChI=1S/C16H30N2O3/c1-15-6-4-13(3-2-9-19)11-16(15,20)7-5-14(15)12-18-21-10-8-17/h12-14,19-20H,2-11,17H2,1H3/t13-,14+,15+,16-/m0/s1. The molecular formula is C16H30N2O3. The van der Waals surface area contributed by atoms with Crippen molar-refractivity contribution in [1.29, 1.82) is 0 Å². The molecule has 0 aromatic rings. The van der Waals surface area contributed by atoms with Gasteiger partial charge in [-0.1, -0.05) is 12.1 Å². The molecule has 0 heterocycles. The van der Waals surface area contributed by atoms with Crippen LogP contribution in [0.5, 0.6) is 0 Å². The molecule has 0 radical (unpaired) electrons. The molecule has 0 saturated heterocycles. The highest BCUT2D eigenvalue weighted by Gasteiger charge is 2.58. The summed E-state index contributed by atoms with van der Waals surface area (Å²) in [5, 5.41) is 24.1. The third-order valence-corrected chi connectivity index (χ3v) is 5.74. The van der Waals surface area contributed by atoms with Crippen LogP contribution in [0.3, 0.4) is 0 Å². The van der Waals surface area contributed by atoms with Gasteiger partial charge in [-0.3, -0.25) is 0 Å². The van der Waals surface area contributed by atoms with Gasteiger partial charge in [0.1, 0.15) is 6.61 Å². The van der Waals surface area contributed by atoms with E-state index in [2.05, 4.69) is 12.1 Å². The molecule has 5 nitrogen and oxygen atoms in total. The Morgan fingerprint density at radius 1 is 1.38 bits per heavy atom. The van der Waals surface area contributed by atoms with Crippen molar-refractivity contribution in [2.24, 2.45) is 28.1 Å². The predicted molar refractivity (Wildman–Crippen MR) is 82.9 cm³/mol. The van der Waals surface area contributed by atoms with Crippen LogP contribution >= 0.6 is 0 Å². The van der Waals surface area contributed by atoms with Crippen molar-refractivity contribution in [3.05, 3.63) is 0 Å². The monoisotopic (exact) mass is 298 g/mol. The first-order chi connectivity index (χ1) is 10.1. The van der Waals surface area contributed by atoms with Gasteiger partial charge in [-0.05, 0) is 50.9 Å². The van der Waals surface area contributed by atoms with E-state index < -0.39 is 5.60 Å². The van der Waals surface area contributed by atoms with Gasteiger partial charge in [-0.2, -0.15) is 0 Å². The minimum atomic E-state index is -0.587. The molecule has 2 aliphatic rings. The van der Waals surface area contributed by atoms with E-state index in [9.17, 15) is 5.11 Å². The van der Waals surface area contributed by atoms with E-state index in [1.165, 1.54) is 0 Å². The summed E-state index contributed by atoms with van der Waals surface area (Å²) in [6, 6.07) is 0. The van der Waals surface area contributed by atoms with Gasteiger partial charge in [0.15, 0.2) is 0 Å². The quantitative estimate of drug-likeness (QED) is 0.379. The van der Waals surface area contributed by atoms with Crippen LogP contribution in [0, 0.1) is 17.3 Å². The van der Waals surface area contributed by atoms with Crippen LogP contribution in [0.1, 0.15) is 51.9 Å². The Balaban J connectivity index is 1.98. The molecule has 5 heteroatoms. The summed E-state index contributed by atoms with van der Waals surface area (Å²) < 4.78 is 0. The second-order valence-corrected chi connectivity index (χ2v) is 6.95. The van der Waals surface area contributed by atoms with Crippen molar-refractivity contribution in [3.8, 4) is 0 Å². The number of rotatable bonds is 7. The SMILES string of the molecule is C[C@]12CC[C@H](CCCO)C[C@@]1(O)CC[C@@H]2C=NOCCN. The highest BCUT2D eigenvalue weighted by atomic mass is 16.6. The Kier molecular flexibility index (Phi) is 5.63. The average Bonchev–Trinajstić information content (AvgIpc) is 2.73. The Labute approximate surface area is 127 Å². The highest BCUT2D eigenvalue weighted by molar-refractivity contribution is 5.62. The zero-order valence-electron chi connectivity index (χ0n) is 13.1. The maximum absolute atomic E-state index is 11.1. The van der Waals surface area contributed by atoms with Gasteiger partial charge in [0, 0.05) is 30.7 Å². The number of nitrogens with zero attached hydrogens (tertiary/aromatic N) is 1. The van der Waals surface area contributed by atoms with Crippen molar-refractivity contribution in [3.63, 3.8) is 0 Å². The molecule has 4 N–H and O–H groups in total. The first kappa shape index (κ1) is 16.7. The average molecular weight is 298 g/mol. The Morgan fingerprint density at radius 3 is 2.90 bits per heavy atom. The van der Waals surface area contributed by atoms with Crippen LogP contribution in [0.4, 0.5) is 0 Å². The number of hydrogen-bond acceptors (Lipinski definition) is 5. The van der Waals surface area contributed by atoms with Crippen LogP contribution < -0.4 is 5.73 Å². The van der Waals surface area contributed by atoms with Crippen molar-refractivity contribution in [2.75, 3.05) is 19.8 Å². The molecule has 2 rings (SSSR count). The van der Waals surface area contributed by atoms with E-state index in [0.29, 0.717) is 19.1 Å². The number of fused-ring (bicyclic) bond motifs is 1. The lowest BCUT2D eigenvalue weighted by Crippen LogP contribution is -2.50. The Morgan fingerprint density at radius 2 is 2.19 bits per heavy atom. The zero-order chi connectivity index (χ0) is 15.3. The molecular weight excluding hydrogens is 268 g/mol. The summed E-state index contributed by atoms with van der Waals surface area (Å²) in [4.78, 5) is 5.11. The first-order valence-electron chi connectivity index (χ1n) is 8.24. The lowest BCUT2D eigenvalue weighted by Gasteiger charge is -2.48. The molecule has 0 spiro atoms. The first-order valence-corrected chi connectivity index (χ1v) is 8.24. The highest BCUT2D eigenvalue weighted by Crippen LogP contribution is 2.59. The van der Waals surface area contributed by atoms with Crippen LogP contribution in [0.15, 0.2) is 5.16 Å². The fourth-order valence-electron chi connectivity index (χ4n) is 4.27. The molecule has 4 atom stereocenters. The molecule has 2 saturated carbocycles. The van der Waals surface area contributed by atoms with Crippen LogP contribution in [0.2, 0.25) is 0 Å². The molecule has 2 aliphatic carbocycles. The maximum atomic E-state index is 11.1. The molecule has 0 bridgehead atoms. The van der Waals surface area contributed by atoms with Crippen LogP contribution in [-0.4, -0.2) is 41.8 Å². The van der Waals surface area contributed by atoms with Gasteiger partial charge in [0.2, 0.25) is 0 Å². The third-order valence-electron chi connectivity index (χ3n) is 5.74. The normalized spacial score (nSPS) is 39.6.